The zero-order chi connectivity index (χ0) is 21.3. The highest BCUT2D eigenvalue weighted by atomic mass is 32.2. The van der Waals surface area contributed by atoms with Gasteiger partial charge in [0, 0.05) is 13.1 Å². The van der Waals surface area contributed by atoms with Crippen molar-refractivity contribution in [3.05, 3.63) is 60.0 Å². The number of fused-ring (bicyclic) bond motifs is 1. The lowest BCUT2D eigenvalue weighted by Gasteiger charge is -2.32. The van der Waals surface area contributed by atoms with Gasteiger partial charge in [-0.15, -0.1) is 0 Å². The Morgan fingerprint density at radius 1 is 1.07 bits per heavy atom. The number of hydrogen-bond acceptors (Lipinski definition) is 6. The Labute approximate surface area is 174 Å². The van der Waals surface area contributed by atoms with E-state index in [0.717, 1.165) is 38.1 Å². The number of nitrogens with zero attached hydrogens (tertiary/aromatic N) is 4. The first-order valence-corrected chi connectivity index (χ1v) is 11.4. The van der Waals surface area contributed by atoms with Crippen molar-refractivity contribution in [1.29, 1.82) is 5.26 Å². The highest BCUT2D eigenvalue weighted by Crippen LogP contribution is 2.35. The molecular weight excluding hydrogens is 403 g/mol. The maximum absolute atomic E-state index is 13.3. The zero-order valence-corrected chi connectivity index (χ0v) is 17.3. The normalized spacial score (nSPS) is 16.4. The van der Waals surface area contributed by atoms with E-state index < -0.39 is 20.9 Å². The fraction of sp³-hybridized carbons (Fsp3) is 0.318. The van der Waals surface area contributed by atoms with E-state index in [4.69, 9.17) is 4.98 Å². The van der Waals surface area contributed by atoms with Crippen molar-refractivity contribution in [2.75, 3.05) is 18.0 Å². The minimum atomic E-state index is -4.12. The maximum atomic E-state index is 13.3. The molecule has 1 aromatic heterocycles. The number of anilines is 1. The summed E-state index contributed by atoms with van der Waals surface area (Å²) in [6, 6.07) is 13.6. The molecule has 1 aliphatic rings. The van der Waals surface area contributed by atoms with E-state index in [1.54, 1.807) is 12.1 Å². The quantitative estimate of drug-likeness (QED) is 0.588. The van der Waals surface area contributed by atoms with Crippen LogP contribution in [-0.2, 0) is 9.84 Å². The molecule has 30 heavy (non-hydrogen) atoms. The van der Waals surface area contributed by atoms with Gasteiger partial charge in [-0.25, -0.2) is 22.8 Å². The number of piperidine rings is 1. The molecule has 1 saturated heterocycles. The van der Waals surface area contributed by atoms with Crippen LogP contribution < -0.4 is 4.90 Å². The lowest BCUT2D eigenvalue weighted by molar-refractivity contribution is 0.436. The lowest BCUT2D eigenvalue weighted by atomic mass is 9.99. The molecule has 8 heteroatoms. The number of aromatic nitrogens is 2. The van der Waals surface area contributed by atoms with Crippen molar-refractivity contribution in [3.63, 3.8) is 0 Å². The number of halogens is 1. The first kappa shape index (κ1) is 20.2. The molecular formula is C22H21FN4O2S. The summed E-state index contributed by atoms with van der Waals surface area (Å²) in [6.45, 7) is 3.62. The minimum Gasteiger partial charge on any atom is -0.355 e. The Balaban J connectivity index is 1.87. The van der Waals surface area contributed by atoms with Gasteiger partial charge < -0.3 is 4.90 Å². The van der Waals surface area contributed by atoms with E-state index in [1.807, 2.05) is 23.1 Å². The lowest BCUT2D eigenvalue weighted by Crippen LogP contribution is -2.35. The molecule has 154 valence electrons. The van der Waals surface area contributed by atoms with Gasteiger partial charge in [0.1, 0.15) is 11.5 Å². The third-order valence-corrected chi connectivity index (χ3v) is 7.36. The first-order valence-electron chi connectivity index (χ1n) is 9.81. The predicted molar refractivity (Wildman–Crippen MR) is 112 cm³/mol. The SMILES string of the molecule is CC1CCN(c2nc3ccccc3nc2[C@H](C#N)S(=O)(=O)c2ccc(F)cc2)CC1. The van der Waals surface area contributed by atoms with E-state index in [1.165, 1.54) is 12.1 Å². The third kappa shape index (κ3) is 3.73. The highest BCUT2D eigenvalue weighted by Gasteiger charge is 2.35. The molecule has 1 fully saturated rings. The van der Waals surface area contributed by atoms with Gasteiger partial charge >= 0.3 is 0 Å². The standard InChI is InChI=1S/C22H21FN4O2S/c1-15-10-12-27(13-11-15)22-21(25-18-4-2-3-5-19(18)26-22)20(14-24)30(28,29)17-8-6-16(23)7-9-17/h2-9,15,20H,10-13H2,1H3/t20-/m0/s1. The van der Waals surface area contributed by atoms with Crippen LogP contribution in [0.1, 0.15) is 30.7 Å². The molecule has 0 unspecified atom stereocenters. The molecule has 4 rings (SSSR count). The number of nitriles is 1. The number of para-hydroxylation sites is 2. The number of sulfone groups is 1. The Morgan fingerprint density at radius 2 is 1.67 bits per heavy atom. The van der Waals surface area contributed by atoms with Crippen LogP contribution >= 0.6 is 0 Å². The van der Waals surface area contributed by atoms with Crippen molar-refractivity contribution in [3.8, 4) is 6.07 Å². The molecule has 0 aliphatic carbocycles. The molecule has 1 aliphatic heterocycles. The summed E-state index contributed by atoms with van der Waals surface area (Å²) in [6.07, 6.45) is 1.91. The number of hydrogen-bond donors (Lipinski definition) is 0. The fourth-order valence-corrected chi connectivity index (χ4v) is 5.05. The van der Waals surface area contributed by atoms with Crippen LogP contribution in [0, 0.1) is 23.1 Å². The van der Waals surface area contributed by atoms with Crippen LogP contribution in [0.2, 0.25) is 0 Å². The molecule has 0 saturated carbocycles. The Hall–Kier alpha value is -3.05. The summed E-state index contributed by atoms with van der Waals surface area (Å²) in [7, 11) is -4.12. The Bertz CT molecular complexity index is 1210. The Kier molecular flexibility index (Phi) is 5.39. The van der Waals surface area contributed by atoms with Crippen LogP contribution in [0.5, 0.6) is 0 Å². The van der Waals surface area contributed by atoms with Gasteiger partial charge in [-0.05, 0) is 55.2 Å². The van der Waals surface area contributed by atoms with Gasteiger partial charge in [0.05, 0.1) is 22.0 Å². The summed E-state index contributed by atoms with van der Waals surface area (Å²) in [5, 5.41) is 8.33. The largest absolute Gasteiger partial charge is 0.355 e. The van der Waals surface area contributed by atoms with Crippen molar-refractivity contribution in [2.24, 2.45) is 5.92 Å². The molecule has 1 atom stereocenters. The zero-order valence-electron chi connectivity index (χ0n) is 16.5. The molecule has 6 nitrogen and oxygen atoms in total. The molecule has 3 aromatic rings. The van der Waals surface area contributed by atoms with E-state index >= 15 is 0 Å². The maximum Gasteiger partial charge on any atom is 0.200 e. The van der Waals surface area contributed by atoms with Crippen LogP contribution in [0.25, 0.3) is 11.0 Å². The van der Waals surface area contributed by atoms with Crippen molar-refractivity contribution < 1.29 is 12.8 Å². The second-order valence-electron chi connectivity index (χ2n) is 7.60. The molecule has 2 heterocycles. The summed E-state index contributed by atoms with van der Waals surface area (Å²) in [4.78, 5) is 11.2. The molecule has 2 aromatic carbocycles. The summed E-state index contributed by atoms with van der Waals surface area (Å²) >= 11 is 0. The van der Waals surface area contributed by atoms with Crippen LogP contribution in [0.4, 0.5) is 10.2 Å². The van der Waals surface area contributed by atoms with Crippen molar-refractivity contribution in [2.45, 2.75) is 29.9 Å². The van der Waals surface area contributed by atoms with E-state index in [2.05, 4.69) is 11.9 Å². The molecule has 0 amide bonds. The molecule has 0 N–H and O–H groups in total. The van der Waals surface area contributed by atoms with Crippen molar-refractivity contribution >= 4 is 26.7 Å². The smallest absolute Gasteiger partial charge is 0.200 e. The van der Waals surface area contributed by atoms with Gasteiger partial charge in [-0.1, -0.05) is 19.1 Å². The minimum absolute atomic E-state index is 0.120. The molecule has 0 bridgehead atoms. The van der Waals surface area contributed by atoms with Gasteiger partial charge in [0.25, 0.3) is 0 Å². The van der Waals surface area contributed by atoms with E-state index in [0.29, 0.717) is 22.8 Å². The monoisotopic (exact) mass is 424 g/mol. The summed E-state index contributed by atoms with van der Waals surface area (Å²) < 4.78 is 39.8. The average Bonchev–Trinajstić information content (AvgIpc) is 2.74. The summed E-state index contributed by atoms with van der Waals surface area (Å²) in [5.74, 6) is 0.460. The molecule has 0 spiro atoms. The second kappa shape index (κ2) is 8.00. The van der Waals surface area contributed by atoms with Crippen LogP contribution in [-0.4, -0.2) is 31.5 Å². The first-order chi connectivity index (χ1) is 14.4. The predicted octanol–water partition coefficient (Wildman–Crippen LogP) is 4.04. The number of benzene rings is 2. The topological polar surface area (TPSA) is 86.9 Å². The van der Waals surface area contributed by atoms with Gasteiger partial charge in [-0.2, -0.15) is 5.26 Å². The summed E-state index contributed by atoms with van der Waals surface area (Å²) in [5.41, 5.74) is 1.29. The highest BCUT2D eigenvalue weighted by molar-refractivity contribution is 7.92. The fourth-order valence-electron chi connectivity index (χ4n) is 3.67. The van der Waals surface area contributed by atoms with E-state index in [-0.39, 0.29) is 10.6 Å². The molecule has 0 radical (unpaired) electrons. The van der Waals surface area contributed by atoms with Gasteiger partial charge in [-0.3, -0.25) is 0 Å². The van der Waals surface area contributed by atoms with Crippen LogP contribution in [0.3, 0.4) is 0 Å². The van der Waals surface area contributed by atoms with Gasteiger partial charge in [0.2, 0.25) is 9.84 Å². The van der Waals surface area contributed by atoms with Gasteiger partial charge in [0.15, 0.2) is 11.1 Å². The Morgan fingerprint density at radius 3 is 2.27 bits per heavy atom. The third-order valence-electron chi connectivity index (χ3n) is 5.48. The number of rotatable bonds is 4. The second-order valence-corrected chi connectivity index (χ2v) is 9.63. The van der Waals surface area contributed by atoms with Crippen molar-refractivity contribution in [1.82, 2.24) is 9.97 Å². The van der Waals surface area contributed by atoms with E-state index in [9.17, 15) is 18.1 Å². The average molecular weight is 425 g/mol. The van der Waals surface area contributed by atoms with Crippen LogP contribution in [0.15, 0.2) is 53.4 Å².